The first-order valence-corrected chi connectivity index (χ1v) is 7.13. The van der Waals surface area contributed by atoms with E-state index in [-0.39, 0.29) is 36.4 Å². The third kappa shape index (κ3) is 3.78. The maximum atomic E-state index is 12.8. The number of hydrogen-bond donors (Lipinski definition) is 1. The van der Waals surface area contributed by atoms with Crippen molar-refractivity contribution in [1.29, 1.82) is 0 Å². The number of aliphatic hydroxyl groups excluding tert-OH is 1. The van der Waals surface area contributed by atoms with Gasteiger partial charge in [0.2, 0.25) is 0 Å². The highest BCUT2D eigenvalue weighted by Gasteiger charge is 2.29. The molecule has 0 heterocycles. The van der Waals surface area contributed by atoms with E-state index in [0.717, 1.165) is 12.8 Å². The number of rotatable bonds is 7. The van der Waals surface area contributed by atoms with Crippen LogP contribution in [0.4, 0.5) is 5.69 Å². The van der Waals surface area contributed by atoms with Gasteiger partial charge in [-0.1, -0.05) is 26.0 Å². The standard InChI is InChI=1S/C15H22N2O4/c1-4-12(5-2)16(9-10-18)15(19)14-11(3)7-6-8-13(14)17(20)21/h6-8,12,18H,4-5,9-10H2,1-3H3. The van der Waals surface area contributed by atoms with Crippen molar-refractivity contribution in [3.05, 3.63) is 39.4 Å². The molecule has 0 saturated heterocycles. The van der Waals surface area contributed by atoms with Crippen LogP contribution in [0.3, 0.4) is 0 Å². The number of carbonyl (C=O) groups is 1. The molecule has 1 aromatic carbocycles. The topological polar surface area (TPSA) is 83.7 Å². The van der Waals surface area contributed by atoms with Gasteiger partial charge in [-0.3, -0.25) is 14.9 Å². The van der Waals surface area contributed by atoms with Gasteiger partial charge in [0.1, 0.15) is 5.56 Å². The van der Waals surface area contributed by atoms with Crippen molar-refractivity contribution in [2.45, 2.75) is 39.7 Å². The molecule has 6 heteroatoms. The zero-order chi connectivity index (χ0) is 16.0. The zero-order valence-electron chi connectivity index (χ0n) is 12.7. The van der Waals surface area contributed by atoms with Gasteiger partial charge in [0.25, 0.3) is 11.6 Å². The highest BCUT2D eigenvalue weighted by atomic mass is 16.6. The van der Waals surface area contributed by atoms with E-state index in [2.05, 4.69) is 0 Å². The zero-order valence-corrected chi connectivity index (χ0v) is 12.7. The van der Waals surface area contributed by atoms with E-state index >= 15 is 0 Å². The molecule has 0 fully saturated rings. The first-order valence-electron chi connectivity index (χ1n) is 7.13. The Kier molecular flexibility index (Phi) is 6.30. The summed E-state index contributed by atoms with van der Waals surface area (Å²) in [5, 5.41) is 20.3. The third-order valence-electron chi connectivity index (χ3n) is 3.65. The summed E-state index contributed by atoms with van der Waals surface area (Å²) in [6.07, 6.45) is 1.48. The molecule has 21 heavy (non-hydrogen) atoms. The minimum absolute atomic E-state index is 0.0381. The molecule has 0 bridgehead atoms. The summed E-state index contributed by atoms with van der Waals surface area (Å²) in [4.78, 5) is 24.9. The summed E-state index contributed by atoms with van der Waals surface area (Å²) in [6.45, 7) is 5.61. The Hall–Kier alpha value is -1.95. The number of hydrogen-bond acceptors (Lipinski definition) is 4. The van der Waals surface area contributed by atoms with Gasteiger partial charge in [0, 0.05) is 18.7 Å². The second kappa shape index (κ2) is 7.73. The lowest BCUT2D eigenvalue weighted by Crippen LogP contribution is -2.42. The number of benzene rings is 1. The molecule has 0 unspecified atom stereocenters. The molecule has 0 aliphatic rings. The highest BCUT2D eigenvalue weighted by Crippen LogP contribution is 2.25. The van der Waals surface area contributed by atoms with Gasteiger partial charge in [0.15, 0.2) is 0 Å². The molecule has 6 nitrogen and oxygen atoms in total. The monoisotopic (exact) mass is 294 g/mol. The molecule has 0 aromatic heterocycles. The van der Waals surface area contributed by atoms with E-state index in [0.29, 0.717) is 5.56 Å². The Morgan fingerprint density at radius 2 is 2.00 bits per heavy atom. The lowest BCUT2D eigenvalue weighted by molar-refractivity contribution is -0.385. The molecule has 0 atom stereocenters. The van der Waals surface area contributed by atoms with Crippen LogP contribution >= 0.6 is 0 Å². The maximum absolute atomic E-state index is 12.8. The first kappa shape index (κ1) is 17.1. The van der Waals surface area contributed by atoms with E-state index in [1.165, 1.54) is 11.0 Å². The highest BCUT2D eigenvalue weighted by molar-refractivity contribution is 5.99. The Balaban J connectivity index is 3.29. The Bertz CT molecular complexity index is 512. The Labute approximate surface area is 124 Å². The van der Waals surface area contributed by atoms with Crippen LogP contribution in [0.2, 0.25) is 0 Å². The predicted octanol–water partition coefficient (Wildman–Crippen LogP) is 2.53. The fourth-order valence-corrected chi connectivity index (χ4v) is 2.51. The van der Waals surface area contributed by atoms with Crippen LogP contribution in [0.25, 0.3) is 0 Å². The molecule has 0 radical (unpaired) electrons. The molecular weight excluding hydrogens is 272 g/mol. The van der Waals surface area contributed by atoms with Gasteiger partial charge in [-0.2, -0.15) is 0 Å². The molecule has 1 rings (SSSR count). The molecule has 0 aliphatic heterocycles. The molecule has 116 valence electrons. The van der Waals surface area contributed by atoms with Gasteiger partial charge in [-0.15, -0.1) is 0 Å². The minimum atomic E-state index is -0.537. The number of aliphatic hydroxyl groups is 1. The second-order valence-electron chi connectivity index (χ2n) is 4.92. The van der Waals surface area contributed by atoms with E-state index in [1.807, 2.05) is 13.8 Å². The molecule has 0 aliphatic carbocycles. The number of nitro benzene ring substituents is 1. The number of nitrogens with zero attached hydrogens (tertiary/aromatic N) is 2. The van der Waals surface area contributed by atoms with Crippen molar-refractivity contribution in [2.75, 3.05) is 13.2 Å². The lowest BCUT2D eigenvalue weighted by atomic mass is 10.0. The van der Waals surface area contributed by atoms with Crippen molar-refractivity contribution in [2.24, 2.45) is 0 Å². The van der Waals surface area contributed by atoms with Crippen LogP contribution in [-0.2, 0) is 0 Å². The minimum Gasteiger partial charge on any atom is -0.395 e. The quantitative estimate of drug-likeness (QED) is 0.618. The molecule has 0 spiro atoms. The van der Waals surface area contributed by atoms with Crippen LogP contribution in [0, 0.1) is 17.0 Å². The summed E-state index contributed by atoms with van der Waals surface area (Å²) in [6, 6.07) is 4.55. The predicted molar refractivity (Wildman–Crippen MR) is 80.3 cm³/mol. The summed E-state index contributed by atoms with van der Waals surface area (Å²) in [7, 11) is 0. The largest absolute Gasteiger partial charge is 0.395 e. The maximum Gasteiger partial charge on any atom is 0.282 e. The van der Waals surface area contributed by atoms with Gasteiger partial charge in [0.05, 0.1) is 11.5 Å². The van der Waals surface area contributed by atoms with Crippen molar-refractivity contribution >= 4 is 11.6 Å². The van der Waals surface area contributed by atoms with Gasteiger partial charge in [-0.05, 0) is 25.3 Å². The van der Waals surface area contributed by atoms with Crippen molar-refractivity contribution in [1.82, 2.24) is 4.90 Å². The number of amides is 1. The average molecular weight is 294 g/mol. The van der Waals surface area contributed by atoms with Crippen molar-refractivity contribution < 1.29 is 14.8 Å². The smallest absolute Gasteiger partial charge is 0.282 e. The van der Waals surface area contributed by atoms with Gasteiger partial charge < -0.3 is 10.0 Å². The second-order valence-corrected chi connectivity index (χ2v) is 4.92. The van der Waals surface area contributed by atoms with Crippen LogP contribution < -0.4 is 0 Å². The number of aryl methyl sites for hydroxylation is 1. The van der Waals surface area contributed by atoms with Crippen LogP contribution in [0.15, 0.2) is 18.2 Å². The SMILES string of the molecule is CCC(CC)N(CCO)C(=O)c1c(C)cccc1[N+](=O)[O-]. The van der Waals surface area contributed by atoms with Crippen LogP contribution in [0.1, 0.15) is 42.6 Å². The van der Waals surface area contributed by atoms with E-state index in [1.54, 1.807) is 19.1 Å². The average Bonchev–Trinajstić information content (AvgIpc) is 2.46. The fourth-order valence-electron chi connectivity index (χ4n) is 2.51. The van der Waals surface area contributed by atoms with Crippen LogP contribution in [-0.4, -0.2) is 40.0 Å². The Morgan fingerprint density at radius 3 is 2.48 bits per heavy atom. The van der Waals surface area contributed by atoms with Crippen molar-refractivity contribution in [3.8, 4) is 0 Å². The fraction of sp³-hybridized carbons (Fsp3) is 0.533. The molecule has 1 aromatic rings. The molecule has 0 saturated carbocycles. The first-order chi connectivity index (χ1) is 9.97. The number of nitro groups is 1. The summed E-state index contributed by atoms with van der Waals surface area (Å²) >= 11 is 0. The van der Waals surface area contributed by atoms with Crippen molar-refractivity contribution in [3.63, 3.8) is 0 Å². The lowest BCUT2D eigenvalue weighted by Gasteiger charge is -2.30. The Morgan fingerprint density at radius 1 is 1.38 bits per heavy atom. The third-order valence-corrected chi connectivity index (χ3v) is 3.65. The van der Waals surface area contributed by atoms with Gasteiger partial charge >= 0.3 is 0 Å². The summed E-state index contributed by atoms with van der Waals surface area (Å²) in [5.74, 6) is -0.387. The molecule has 1 N–H and O–H groups in total. The molecule has 1 amide bonds. The van der Waals surface area contributed by atoms with E-state index < -0.39 is 4.92 Å². The number of carbonyl (C=O) groups excluding carboxylic acids is 1. The van der Waals surface area contributed by atoms with Crippen LogP contribution in [0.5, 0.6) is 0 Å². The summed E-state index contributed by atoms with van der Waals surface area (Å²) < 4.78 is 0. The normalized spacial score (nSPS) is 10.7. The summed E-state index contributed by atoms with van der Waals surface area (Å²) in [5.41, 5.74) is 0.500. The molecular formula is C15H22N2O4. The van der Waals surface area contributed by atoms with Gasteiger partial charge in [-0.25, -0.2) is 0 Å². The van der Waals surface area contributed by atoms with E-state index in [4.69, 9.17) is 0 Å². The van der Waals surface area contributed by atoms with E-state index in [9.17, 15) is 20.0 Å².